The molecule has 2 unspecified atom stereocenters. The van der Waals surface area contributed by atoms with Crippen molar-refractivity contribution < 1.29 is 13.7 Å². The van der Waals surface area contributed by atoms with Gasteiger partial charge in [-0.25, -0.2) is 4.57 Å². The fourth-order valence-electron chi connectivity index (χ4n) is 2.08. The minimum Gasteiger partial charge on any atom is -0.304 e. The van der Waals surface area contributed by atoms with E-state index in [1.54, 1.807) is 18.7 Å². The Bertz CT molecular complexity index is 494. The molecule has 1 heterocycles. The van der Waals surface area contributed by atoms with Crippen molar-refractivity contribution in [3.8, 4) is 0 Å². The van der Waals surface area contributed by atoms with Crippen LogP contribution in [0.3, 0.4) is 0 Å². The molecule has 120 valence electrons. The van der Waals surface area contributed by atoms with Crippen molar-refractivity contribution in [2.45, 2.75) is 51.8 Å². The fraction of sp³-hybridized carbons (Fsp3) is 0.846. The summed E-state index contributed by atoms with van der Waals surface area (Å²) in [6.07, 6.45) is 3.35. The Hall–Kier alpha value is 0.0300. The van der Waals surface area contributed by atoms with Crippen LogP contribution in [-0.2, 0) is 13.7 Å². The van der Waals surface area contributed by atoms with Gasteiger partial charge in [0.15, 0.2) is 5.04 Å². The van der Waals surface area contributed by atoms with Gasteiger partial charge in [-0.15, -0.1) is 0 Å². The Balaban J connectivity index is 2.02. The summed E-state index contributed by atoms with van der Waals surface area (Å²) < 4.78 is 23.1. The molecule has 1 saturated carbocycles. The highest BCUT2D eigenvalue weighted by Crippen LogP contribution is 2.61. The maximum absolute atomic E-state index is 12.5. The second-order valence-corrected chi connectivity index (χ2v) is 10.8. The lowest BCUT2D eigenvalue weighted by atomic mass is 10.2. The number of rotatable bonds is 8. The first kappa shape index (κ1) is 17.4. The summed E-state index contributed by atoms with van der Waals surface area (Å²) in [5, 5.41) is 4.82. The molecule has 0 radical (unpaired) electrons. The smallest absolute Gasteiger partial charge is 0.304 e. The van der Waals surface area contributed by atoms with E-state index in [4.69, 9.17) is 14.1 Å². The maximum Gasteiger partial charge on any atom is 0.459 e. The minimum atomic E-state index is -3.20. The quantitative estimate of drug-likeness (QED) is 0.458. The standard InChI is InChI=1S/C13H23N2O3PS2/c1-5-9-20-19(16,17-6-2)18-15-12-10(3)14-13(4,21-12)11-7-8-11/h11H,5-9H2,1-4H3. The number of oxime groups is 1. The van der Waals surface area contributed by atoms with Crippen LogP contribution >= 0.6 is 29.9 Å². The van der Waals surface area contributed by atoms with Gasteiger partial charge in [-0.05, 0) is 57.3 Å². The lowest BCUT2D eigenvalue weighted by Gasteiger charge is -2.18. The molecule has 1 fully saturated rings. The van der Waals surface area contributed by atoms with Crippen molar-refractivity contribution in [1.29, 1.82) is 0 Å². The van der Waals surface area contributed by atoms with Crippen LogP contribution in [0.25, 0.3) is 0 Å². The molecular formula is C13H23N2O3PS2. The van der Waals surface area contributed by atoms with Crippen molar-refractivity contribution in [3.05, 3.63) is 0 Å². The predicted molar refractivity (Wildman–Crippen MR) is 92.3 cm³/mol. The average molecular weight is 350 g/mol. The van der Waals surface area contributed by atoms with Crippen LogP contribution in [0.15, 0.2) is 10.1 Å². The van der Waals surface area contributed by atoms with Crippen molar-refractivity contribution >= 4 is 40.7 Å². The molecule has 2 rings (SSSR count). The average Bonchev–Trinajstić information content (AvgIpc) is 3.23. The van der Waals surface area contributed by atoms with Gasteiger partial charge in [0.2, 0.25) is 0 Å². The first-order chi connectivity index (χ1) is 9.92. The molecule has 0 N–H and O–H groups in total. The molecule has 1 aliphatic heterocycles. The van der Waals surface area contributed by atoms with Crippen LogP contribution in [-0.4, -0.2) is 28.0 Å². The van der Waals surface area contributed by atoms with Gasteiger partial charge in [0.1, 0.15) is 4.87 Å². The third-order valence-electron chi connectivity index (χ3n) is 3.30. The number of nitrogens with zero attached hydrogens (tertiary/aromatic N) is 2. The summed E-state index contributed by atoms with van der Waals surface area (Å²) in [7, 11) is 0. The molecule has 5 nitrogen and oxygen atoms in total. The largest absolute Gasteiger partial charge is 0.459 e. The van der Waals surface area contributed by atoms with Crippen molar-refractivity contribution in [1.82, 2.24) is 0 Å². The SMILES string of the molecule is CCCSP(=O)(OCC)ON=C1SC(C)(C2CC2)N=C1C. The van der Waals surface area contributed by atoms with Gasteiger partial charge in [0.25, 0.3) is 0 Å². The molecule has 0 spiro atoms. The molecule has 0 aromatic rings. The molecule has 2 aliphatic rings. The van der Waals surface area contributed by atoms with Gasteiger partial charge in [0.05, 0.1) is 12.3 Å². The maximum atomic E-state index is 12.5. The van der Waals surface area contributed by atoms with E-state index in [0.29, 0.717) is 12.5 Å². The lowest BCUT2D eigenvalue weighted by molar-refractivity contribution is 0.237. The van der Waals surface area contributed by atoms with Crippen LogP contribution in [0.5, 0.6) is 0 Å². The molecule has 2 atom stereocenters. The monoisotopic (exact) mass is 350 g/mol. The van der Waals surface area contributed by atoms with Gasteiger partial charge >= 0.3 is 6.80 Å². The minimum absolute atomic E-state index is 0.127. The number of hydrogen-bond donors (Lipinski definition) is 0. The van der Waals surface area contributed by atoms with Gasteiger partial charge in [0, 0.05) is 5.75 Å². The van der Waals surface area contributed by atoms with E-state index >= 15 is 0 Å². The molecule has 8 heteroatoms. The third-order valence-corrected chi connectivity index (χ3v) is 8.48. The molecule has 0 amide bonds. The van der Waals surface area contributed by atoms with Gasteiger partial charge in [-0.1, -0.05) is 23.8 Å². The van der Waals surface area contributed by atoms with Crippen LogP contribution in [0.2, 0.25) is 0 Å². The van der Waals surface area contributed by atoms with Crippen LogP contribution in [0.4, 0.5) is 0 Å². The summed E-state index contributed by atoms with van der Waals surface area (Å²) in [5.41, 5.74) is 0.859. The van der Waals surface area contributed by atoms with E-state index in [0.717, 1.165) is 22.9 Å². The second-order valence-electron chi connectivity index (χ2n) is 5.30. The number of thioether (sulfide) groups is 1. The van der Waals surface area contributed by atoms with E-state index in [1.807, 2.05) is 13.8 Å². The Kier molecular flexibility index (Phi) is 5.85. The molecule has 0 aromatic heterocycles. The highest BCUT2D eigenvalue weighted by atomic mass is 32.7. The van der Waals surface area contributed by atoms with Gasteiger partial charge in [-0.2, -0.15) is 0 Å². The lowest BCUT2D eigenvalue weighted by Crippen LogP contribution is -2.16. The Labute approximate surface area is 135 Å². The normalized spacial score (nSPS) is 30.3. The first-order valence-electron chi connectivity index (χ1n) is 7.34. The van der Waals surface area contributed by atoms with Crippen molar-refractivity contribution in [2.24, 2.45) is 16.1 Å². The van der Waals surface area contributed by atoms with E-state index < -0.39 is 6.80 Å². The van der Waals surface area contributed by atoms with Gasteiger partial charge in [-0.3, -0.25) is 9.52 Å². The fourth-order valence-corrected chi connectivity index (χ4v) is 6.46. The number of hydrogen-bond acceptors (Lipinski definition) is 7. The van der Waals surface area contributed by atoms with Crippen molar-refractivity contribution in [2.75, 3.05) is 12.4 Å². The Morgan fingerprint density at radius 2 is 2.24 bits per heavy atom. The summed E-state index contributed by atoms with van der Waals surface area (Å²) in [5.74, 6) is 1.35. The first-order valence-corrected chi connectivity index (χ1v) is 11.3. The molecular weight excluding hydrogens is 327 g/mol. The number of aliphatic imine (C=N–C) groups is 1. The predicted octanol–water partition coefficient (Wildman–Crippen LogP) is 4.94. The van der Waals surface area contributed by atoms with E-state index in [2.05, 4.69) is 12.1 Å². The molecule has 0 bridgehead atoms. The second kappa shape index (κ2) is 7.07. The molecule has 1 aliphatic carbocycles. The Morgan fingerprint density at radius 1 is 1.52 bits per heavy atom. The molecule has 0 saturated heterocycles. The van der Waals surface area contributed by atoms with Gasteiger partial charge < -0.3 is 4.62 Å². The van der Waals surface area contributed by atoms with Crippen LogP contribution in [0.1, 0.15) is 47.0 Å². The Morgan fingerprint density at radius 3 is 2.81 bits per heavy atom. The van der Waals surface area contributed by atoms with Crippen LogP contribution in [0, 0.1) is 5.92 Å². The zero-order valence-corrected chi connectivity index (χ0v) is 15.5. The van der Waals surface area contributed by atoms with Crippen LogP contribution < -0.4 is 0 Å². The zero-order valence-electron chi connectivity index (χ0n) is 13.0. The summed E-state index contributed by atoms with van der Waals surface area (Å²) in [4.78, 5) is 4.58. The molecule has 21 heavy (non-hydrogen) atoms. The van der Waals surface area contributed by atoms with E-state index in [-0.39, 0.29) is 4.87 Å². The highest BCUT2D eigenvalue weighted by molar-refractivity contribution is 8.55. The highest BCUT2D eigenvalue weighted by Gasteiger charge is 2.47. The van der Waals surface area contributed by atoms with E-state index in [9.17, 15) is 4.57 Å². The topological polar surface area (TPSA) is 60.2 Å². The third kappa shape index (κ3) is 4.50. The summed E-state index contributed by atoms with van der Waals surface area (Å²) in [6.45, 7) is 5.03. The molecule has 0 aromatic carbocycles. The summed E-state index contributed by atoms with van der Waals surface area (Å²) in [6, 6.07) is 0. The summed E-state index contributed by atoms with van der Waals surface area (Å²) >= 11 is 2.82. The van der Waals surface area contributed by atoms with Crippen molar-refractivity contribution in [3.63, 3.8) is 0 Å². The zero-order chi connectivity index (χ0) is 15.5. The van der Waals surface area contributed by atoms with E-state index in [1.165, 1.54) is 24.2 Å².